The van der Waals surface area contributed by atoms with Gasteiger partial charge in [0.1, 0.15) is 0 Å². The van der Waals surface area contributed by atoms with Crippen molar-refractivity contribution in [1.82, 2.24) is 15.2 Å². The summed E-state index contributed by atoms with van der Waals surface area (Å²) in [5.74, 6) is 0.475. The molecule has 25 heavy (non-hydrogen) atoms. The van der Waals surface area contributed by atoms with Crippen molar-refractivity contribution >= 4 is 11.8 Å². The lowest BCUT2D eigenvalue weighted by atomic mass is 9.95. The molecule has 1 aromatic heterocycles. The third-order valence-corrected chi connectivity index (χ3v) is 5.07. The molecule has 2 fully saturated rings. The highest BCUT2D eigenvalue weighted by atomic mass is 16.5. The average molecular weight is 345 g/mol. The lowest BCUT2D eigenvalue weighted by Gasteiger charge is -2.22. The molecule has 2 aliphatic heterocycles. The lowest BCUT2D eigenvalue weighted by Crippen LogP contribution is -2.42. The van der Waals surface area contributed by atoms with Gasteiger partial charge in [0.15, 0.2) is 0 Å². The van der Waals surface area contributed by atoms with Crippen LogP contribution in [0.15, 0.2) is 24.5 Å². The van der Waals surface area contributed by atoms with Gasteiger partial charge in [-0.2, -0.15) is 0 Å². The Bertz CT molecular complexity index is 579. The molecule has 0 aliphatic carbocycles. The van der Waals surface area contributed by atoms with Crippen LogP contribution in [0.25, 0.3) is 0 Å². The molecule has 2 atom stereocenters. The highest BCUT2D eigenvalue weighted by Crippen LogP contribution is 2.19. The minimum absolute atomic E-state index is 0.00674. The Morgan fingerprint density at radius 2 is 2.08 bits per heavy atom. The van der Waals surface area contributed by atoms with Gasteiger partial charge in [-0.05, 0) is 37.0 Å². The predicted molar refractivity (Wildman–Crippen MR) is 93.8 cm³/mol. The van der Waals surface area contributed by atoms with Crippen molar-refractivity contribution in [2.24, 2.45) is 5.92 Å². The Morgan fingerprint density at radius 1 is 1.24 bits per heavy atom. The van der Waals surface area contributed by atoms with Gasteiger partial charge < -0.3 is 15.0 Å². The van der Waals surface area contributed by atoms with Gasteiger partial charge in [0.25, 0.3) is 0 Å². The summed E-state index contributed by atoms with van der Waals surface area (Å²) < 4.78 is 5.58. The lowest BCUT2D eigenvalue weighted by molar-refractivity contribution is -0.131. The van der Waals surface area contributed by atoms with Crippen LogP contribution >= 0.6 is 0 Å². The number of rotatable bonds is 6. The monoisotopic (exact) mass is 345 g/mol. The van der Waals surface area contributed by atoms with Crippen LogP contribution in [0, 0.1) is 5.92 Å². The highest BCUT2D eigenvalue weighted by Gasteiger charge is 2.29. The quantitative estimate of drug-likeness (QED) is 0.849. The first-order chi connectivity index (χ1) is 12.2. The second kappa shape index (κ2) is 8.94. The second-order valence-electron chi connectivity index (χ2n) is 6.97. The maximum atomic E-state index is 12.3. The third-order valence-electron chi connectivity index (χ3n) is 5.07. The van der Waals surface area contributed by atoms with Crippen LogP contribution in [-0.2, 0) is 20.7 Å². The number of amides is 2. The van der Waals surface area contributed by atoms with E-state index in [0.717, 1.165) is 32.2 Å². The number of pyridine rings is 1. The molecule has 0 radical (unpaired) electrons. The molecule has 3 heterocycles. The van der Waals surface area contributed by atoms with Crippen LogP contribution in [0.5, 0.6) is 0 Å². The van der Waals surface area contributed by atoms with Crippen LogP contribution < -0.4 is 5.32 Å². The summed E-state index contributed by atoms with van der Waals surface area (Å²) >= 11 is 0. The average Bonchev–Trinajstić information content (AvgIpc) is 2.93. The minimum atomic E-state index is 0.00674. The Morgan fingerprint density at radius 3 is 2.92 bits per heavy atom. The van der Waals surface area contributed by atoms with Gasteiger partial charge in [-0.15, -0.1) is 0 Å². The summed E-state index contributed by atoms with van der Waals surface area (Å²) in [4.78, 5) is 30.2. The maximum Gasteiger partial charge on any atom is 0.222 e. The Labute approximate surface area is 148 Å². The third kappa shape index (κ3) is 5.26. The van der Waals surface area contributed by atoms with E-state index in [1.54, 1.807) is 12.4 Å². The van der Waals surface area contributed by atoms with E-state index >= 15 is 0 Å². The van der Waals surface area contributed by atoms with E-state index in [4.69, 9.17) is 4.74 Å². The summed E-state index contributed by atoms with van der Waals surface area (Å²) in [5.41, 5.74) is 1.21. The second-order valence-corrected chi connectivity index (χ2v) is 6.97. The molecule has 3 rings (SSSR count). The zero-order chi connectivity index (χ0) is 17.5. The van der Waals surface area contributed by atoms with Crippen molar-refractivity contribution in [3.63, 3.8) is 0 Å². The molecule has 6 heteroatoms. The van der Waals surface area contributed by atoms with E-state index in [1.165, 1.54) is 5.56 Å². The Hall–Kier alpha value is -1.95. The molecule has 1 aromatic rings. The van der Waals surface area contributed by atoms with Crippen molar-refractivity contribution < 1.29 is 14.3 Å². The van der Waals surface area contributed by atoms with E-state index in [-0.39, 0.29) is 23.8 Å². The molecule has 2 aliphatic rings. The van der Waals surface area contributed by atoms with Gasteiger partial charge >= 0.3 is 0 Å². The number of hydrogen-bond acceptors (Lipinski definition) is 4. The number of carbonyl (C=O) groups is 2. The van der Waals surface area contributed by atoms with Crippen molar-refractivity contribution in [3.05, 3.63) is 30.1 Å². The molecule has 0 spiro atoms. The zero-order valence-corrected chi connectivity index (χ0v) is 14.7. The van der Waals surface area contributed by atoms with Crippen LogP contribution in [0.1, 0.15) is 37.7 Å². The molecule has 6 nitrogen and oxygen atoms in total. The fourth-order valence-corrected chi connectivity index (χ4v) is 3.57. The number of carbonyl (C=O) groups excluding carboxylic acids is 2. The van der Waals surface area contributed by atoms with Crippen molar-refractivity contribution in [2.45, 2.75) is 44.6 Å². The van der Waals surface area contributed by atoms with Crippen molar-refractivity contribution in [3.8, 4) is 0 Å². The fourth-order valence-electron chi connectivity index (χ4n) is 3.57. The highest BCUT2D eigenvalue weighted by molar-refractivity contribution is 5.79. The number of nitrogens with zero attached hydrogens (tertiary/aromatic N) is 2. The summed E-state index contributed by atoms with van der Waals surface area (Å²) in [6.45, 7) is 2.53. The summed E-state index contributed by atoms with van der Waals surface area (Å²) in [6, 6.07) is 4.05. The molecule has 2 saturated heterocycles. The largest absolute Gasteiger partial charge is 0.379 e. The van der Waals surface area contributed by atoms with Gasteiger partial charge in [-0.1, -0.05) is 6.42 Å². The smallest absolute Gasteiger partial charge is 0.222 e. The van der Waals surface area contributed by atoms with Gasteiger partial charge in [0.05, 0.1) is 19.3 Å². The number of aromatic nitrogens is 1. The normalized spacial score (nSPS) is 24.2. The standard InChI is InChI=1S/C19H27N3O3/c23-18(7-11-22-10-3-1-2-4-19(22)24)21-17-14-25-13-16(17)12-15-5-8-20-9-6-15/h5-6,8-9,16-17H,1-4,7,10-14H2,(H,21,23)/t16-,17+/m1/s1. The van der Waals surface area contributed by atoms with E-state index in [0.29, 0.717) is 32.6 Å². The maximum absolute atomic E-state index is 12.3. The number of likely N-dealkylation sites (tertiary alicyclic amines) is 1. The van der Waals surface area contributed by atoms with Gasteiger partial charge in [-0.25, -0.2) is 0 Å². The number of hydrogen-bond donors (Lipinski definition) is 1. The molecule has 0 bridgehead atoms. The Balaban J connectivity index is 1.45. The van der Waals surface area contributed by atoms with E-state index < -0.39 is 0 Å². The van der Waals surface area contributed by atoms with Gasteiger partial charge in [0, 0.05) is 44.2 Å². The molecule has 136 valence electrons. The molecular weight excluding hydrogens is 318 g/mol. The van der Waals surface area contributed by atoms with Gasteiger partial charge in [0.2, 0.25) is 11.8 Å². The predicted octanol–water partition coefficient (Wildman–Crippen LogP) is 1.55. The number of ether oxygens (including phenoxy) is 1. The summed E-state index contributed by atoms with van der Waals surface area (Å²) in [6.07, 6.45) is 8.54. The minimum Gasteiger partial charge on any atom is -0.379 e. The molecule has 0 saturated carbocycles. The molecule has 0 unspecified atom stereocenters. The topological polar surface area (TPSA) is 71.5 Å². The molecule has 1 N–H and O–H groups in total. The van der Waals surface area contributed by atoms with Crippen LogP contribution in [0.2, 0.25) is 0 Å². The SMILES string of the molecule is O=C(CCN1CCCCCC1=O)N[C@H]1COC[C@H]1Cc1ccncc1. The first-order valence-electron chi connectivity index (χ1n) is 9.26. The zero-order valence-electron chi connectivity index (χ0n) is 14.7. The first kappa shape index (κ1) is 17.9. The fraction of sp³-hybridized carbons (Fsp3) is 0.632. The van der Waals surface area contributed by atoms with Crippen molar-refractivity contribution in [1.29, 1.82) is 0 Å². The summed E-state index contributed by atoms with van der Waals surface area (Å²) in [5, 5.41) is 3.10. The van der Waals surface area contributed by atoms with Gasteiger partial charge in [-0.3, -0.25) is 14.6 Å². The van der Waals surface area contributed by atoms with Crippen molar-refractivity contribution in [2.75, 3.05) is 26.3 Å². The Kier molecular flexibility index (Phi) is 6.39. The molecule has 2 amide bonds. The van der Waals surface area contributed by atoms with E-state index in [9.17, 15) is 9.59 Å². The van der Waals surface area contributed by atoms with E-state index in [1.807, 2.05) is 17.0 Å². The van der Waals surface area contributed by atoms with Crippen LogP contribution in [0.3, 0.4) is 0 Å². The molecular formula is C19H27N3O3. The van der Waals surface area contributed by atoms with E-state index in [2.05, 4.69) is 10.3 Å². The summed E-state index contributed by atoms with van der Waals surface area (Å²) in [7, 11) is 0. The number of nitrogens with one attached hydrogen (secondary N) is 1. The van der Waals surface area contributed by atoms with Crippen LogP contribution in [0.4, 0.5) is 0 Å². The first-order valence-corrected chi connectivity index (χ1v) is 9.26. The van der Waals surface area contributed by atoms with Crippen LogP contribution in [-0.4, -0.2) is 54.0 Å². The molecule has 0 aromatic carbocycles.